The van der Waals surface area contributed by atoms with Crippen LogP contribution in [0.15, 0.2) is 54.6 Å². The van der Waals surface area contributed by atoms with Crippen LogP contribution in [0, 0.1) is 0 Å². The van der Waals surface area contributed by atoms with Crippen LogP contribution in [0.25, 0.3) is 0 Å². The Hall–Kier alpha value is -2.82. The summed E-state index contributed by atoms with van der Waals surface area (Å²) in [6.07, 6.45) is 0.0680. The second-order valence-electron chi connectivity index (χ2n) is 5.72. The Morgan fingerprint density at radius 1 is 0.913 bits per heavy atom. The van der Waals surface area contributed by atoms with E-state index in [1.54, 1.807) is 24.3 Å². The van der Waals surface area contributed by atoms with E-state index in [-0.39, 0.29) is 12.0 Å². The van der Waals surface area contributed by atoms with Crippen molar-refractivity contribution in [2.45, 2.75) is 25.5 Å². The zero-order valence-electron chi connectivity index (χ0n) is 13.0. The summed E-state index contributed by atoms with van der Waals surface area (Å²) in [5, 5.41) is 5.10. The molecule has 0 aromatic heterocycles. The molecule has 1 heterocycles. The van der Waals surface area contributed by atoms with Gasteiger partial charge in [-0.15, -0.1) is 0 Å². The minimum Gasteiger partial charge on any atom is -0.491 e. The van der Waals surface area contributed by atoms with E-state index in [0.29, 0.717) is 11.1 Å². The van der Waals surface area contributed by atoms with Crippen molar-refractivity contribution in [1.29, 1.82) is 0 Å². The first-order valence-electron chi connectivity index (χ1n) is 7.48. The Bertz CT molecular complexity index is 726. The maximum atomic E-state index is 12.5. The lowest BCUT2D eigenvalue weighted by Crippen LogP contribution is -2.44. The van der Waals surface area contributed by atoms with Gasteiger partial charge in [0.1, 0.15) is 5.75 Å². The van der Waals surface area contributed by atoms with Crippen molar-refractivity contribution in [3.63, 3.8) is 0 Å². The van der Waals surface area contributed by atoms with Gasteiger partial charge in [0.15, 0.2) is 5.54 Å². The van der Waals surface area contributed by atoms with Gasteiger partial charge in [-0.25, -0.2) is 4.79 Å². The molecule has 0 aliphatic carbocycles. The Morgan fingerprint density at radius 2 is 1.52 bits per heavy atom. The summed E-state index contributed by atoms with van der Waals surface area (Å²) in [5.74, 6) is 0.336. The van der Waals surface area contributed by atoms with E-state index in [1.165, 1.54) is 0 Å². The number of nitrogens with one attached hydrogen (secondary N) is 2. The standard InChI is InChI=1S/C18H18N2O3/c1-12(2)23-15-10-8-14(9-11-15)18(13-6-4-3-5-7-13)16(21)19-17(22)20-18/h3-12H,1-2H3,(H2,19,20,21,22)/t18-/m0/s1. The lowest BCUT2D eigenvalue weighted by molar-refractivity contribution is -0.122. The monoisotopic (exact) mass is 310 g/mol. The number of hydrogen-bond donors (Lipinski definition) is 2. The quantitative estimate of drug-likeness (QED) is 0.853. The summed E-state index contributed by atoms with van der Waals surface area (Å²) in [5.41, 5.74) is 0.179. The van der Waals surface area contributed by atoms with Gasteiger partial charge in [-0.05, 0) is 37.1 Å². The van der Waals surface area contributed by atoms with Crippen molar-refractivity contribution in [1.82, 2.24) is 10.6 Å². The summed E-state index contributed by atoms with van der Waals surface area (Å²) in [4.78, 5) is 24.3. The Kier molecular flexibility index (Phi) is 3.78. The van der Waals surface area contributed by atoms with Crippen LogP contribution < -0.4 is 15.4 Å². The number of rotatable bonds is 4. The van der Waals surface area contributed by atoms with Crippen LogP contribution in [0.3, 0.4) is 0 Å². The number of urea groups is 1. The molecular formula is C18H18N2O3. The molecule has 1 aliphatic heterocycles. The predicted molar refractivity (Wildman–Crippen MR) is 86.1 cm³/mol. The van der Waals surface area contributed by atoms with Gasteiger partial charge in [0.25, 0.3) is 5.91 Å². The molecule has 5 heteroatoms. The second-order valence-corrected chi connectivity index (χ2v) is 5.72. The molecule has 0 bridgehead atoms. The van der Waals surface area contributed by atoms with Crippen LogP contribution >= 0.6 is 0 Å². The lowest BCUT2D eigenvalue weighted by atomic mass is 9.83. The van der Waals surface area contributed by atoms with Crippen molar-refractivity contribution < 1.29 is 14.3 Å². The van der Waals surface area contributed by atoms with Crippen LogP contribution in [-0.2, 0) is 10.3 Å². The second kappa shape index (κ2) is 5.76. The third-order valence-corrected chi connectivity index (χ3v) is 3.73. The number of amides is 3. The summed E-state index contributed by atoms with van der Waals surface area (Å²) in [7, 11) is 0. The molecule has 3 rings (SSSR count). The van der Waals surface area contributed by atoms with Gasteiger partial charge < -0.3 is 10.1 Å². The lowest BCUT2D eigenvalue weighted by Gasteiger charge is -2.27. The zero-order valence-corrected chi connectivity index (χ0v) is 13.0. The Morgan fingerprint density at radius 3 is 2.04 bits per heavy atom. The van der Waals surface area contributed by atoms with Crippen molar-refractivity contribution in [2.75, 3.05) is 0 Å². The summed E-state index contributed by atoms with van der Waals surface area (Å²) in [6, 6.07) is 15.9. The maximum absolute atomic E-state index is 12.5. The number of carbonyl (C=O) groups excluding carboxylic acids is 2. The molecule has 2 aromatic carbocycles. The van der Waals surface area contributed by atoms with E-state index in [1.807, 2.05) is 44.2 Å². The topological polar surface area (TPSA) is 67.4 Å². The van der Waals surface area contributed by atoms with E-state index >= 15 is 0 Å². The molecule has 1 saturated heterocycles. The molecule has 1 atom stereocenters. The highest BCUT2D eigenvalue weighted by Gasteiger charge is 2.49. The summed E-state index contributed by atoms with van der Waals surface area (Å²) < 4.78 is 5.63. The number of carbonyl (C=O) groups is 2. The molecule has 0 spiro atoms. The molecule has 0 unspecified atom stereocenters. The third kappa shape index (κ3) is 2.65. The van der Waals surface area contributed by atoms with Gasteiger partial charge in [-0.1, -0.05) is 42.5 Å². The highest BCUT2D eigenvalue weighted by molar-refractivity contribution is 6.09. The zero-order chi connectivity index (χ0) is 16.4. The van der Waals surface area contributed by atoms with E-state index < -0.39 is 11.6 Å². The Labute approximate surface area is 134 Å². The van der Waals surface area contributed by atoms with E-state index in [2.05, 4.69) is 10.6 Å². The smallest absolute Gasteiger partial charge is 0.322 e. The number of hydrogen-bond acceptors (Lipinski definition) is 3. The molecule has 3 amide bonds. The molecule has 2 aromatic rings. The molecule has 118 valence electrons. The highest BCUT2D eigenvalue weighted by Crippen LogP contribution is 2.33. The van der Waals surface area contributed by atoms with Gasteiger partial charge in [0, 0.05) is 0 Å². The first kappa shape index (κ1) is 15.1. The van der Waals surface area contributed by atoms with Gasteiger partial charge in [0.05, 0.1) is 6.10 Å². The van der Waals surface area contributed by atoms with Crippen LogP contribution in [0.4, 0.5) is 4.79 Å². The van der Waals surface area contributed by atoms with Crippen LogP contribution in [0.5, 0.6) is 5.75 Å². The van der Waals surface area contributed by atoms with Gasteiger partial charge in [0.2, 0.25) is 0 Å². The SMILES string of the molecule is CC(C)Oc1ccc([C@]2(c3ccccc3)NC(=O)NC2=O)cc1. The number of ether oxygens (including phenoxy) is 1. The van der Waals surface area contributed by atoms with E-state index in [0.717, 1.165) is 5.75 Å². The van der Waals surface area contributed by atoms with Crippen molar-refractivity contribution in [3.05, 3.63) is 65.7 Å². The normalized spacial score (nSPS) is 20.3. The molecule has 23 heavy (non-hydrogen) atoms. The van der Waals surface area contributed by atoms with Crippen molar-refractivity contribution in [3.8, 4) is 5.75 Å². The fraction of sp³-hybridized carbons (Fsp3) is 0.222. The first-order chi connectivity index (χ1) is 11.0. The van der Waals surface area contributed by atoms with E-state index in [4.69, 9.17) is 4.74 Å². The van der Waals surface area contributed by atoms with Crippen LogP contribution in [0.2, 0.25) is 0 Å². The van der Waals surface area contributed by atoms with Crippen molar-refractivity contribution >= 4 is 11.9 Å². The van der Waals surface area contributed by atoms with Crippen molar-refractivity contribution in [2.24, 2.45) is 0 Å². The summed E-state index contributed by atoms with van der Waals surface area (Å²) in [6.45, 7) is 3.90. The predicted octanol–water partition coefficient (Wildman–Crippen LogP) is 2.56. The highest BCUT2D eigenvalue weighted by atomic mass is 16.5. The molecule has 0 radical (unpaired) electrons. The molecule has 2 N–H and O–H groups in total. The average molecular weight is 310 g/mol. The number of imide groups is 1. The Balaban J connectivity index is 2.07. The van der Waals surface area contributed by atoms with Gasteiger partial charge >= 0.3 is 6.03 Å². The minimum atomic E-state index is -1.21. The average Bonchev–Trinajstić information content (AvgIpc) is 2.84. The maximum Gasteiger partial charge on any atom is 0.322 e. The van der Waals surface area contributed by atoms with Crippen LogP contribution in [-0.4, -0.2) is 18.0 Å². The number of benzene rings is 2. The van der Waals surface area contributed by atoms with Gasteiger partial charge in [-0.3, -0.25) is 10.1 Å². The molecule has 1 aliphatic rings. The summed E-state index contributed by atoms with van der Waals surface area (Å²) >= 11 is 0. The molecular weight excluding hydrogens is 292 g/mol. The molecule has 0 saturated carbocycles. The fourth-order valence-corrected chi connectivity index (χ4v) is 2.77. The van der Waals surface area contributed by atoms with Crippen LogP contribution in [0.1, 0.15) is 25.0 Å². The third-order valence-electron chi connectivity index (χ3n) is 3.73. The first-order valence-corrected chi connectivity index (χ1v) is 7.48. The molecule has 5 nitrogen and oxygen atoms in total. The largest absolute Gasteiger partial charge is 0.491 e. The van der Waals surface area contributed by atoms with E-state index in [9.17, 15) is 9.59 Å². The molecule has 1 fully saturated rings. The fourth-order valence-electron chi connectivity index (χ4n) is 2.77. The van der Waals surface area contributed by atoms with Gasteiger partial charge in [-0.2, -0.15) is 0 Å². The minimum absolute atomic E-state index is 0.0680.